The lowest BCUT2D eigenvalue weighted by atomic mass is 9.88. The highest BCUT2D eigenvalue weighted by molar-refractivity contribution is 5.96. The van der Waals surface area contributed by atoms with E-state index in [1.165, 1.54) is 0 Å². The van der Waals surface area contributed by atoms with Crippen molar-refractivity contribution < 1.29 is 18.0 Å². The summed E-state index contributed by atoms with van der Waals surface area (Å²) in [6.45, 7) is 5.89. The Bertz CT molecular complexity index is 410. The summed E-state index contributed by atoms with van der Waals surface area (Å²) in [6, 6.07) is 1.48. The average Bonchev–Trinajstić information content (AvgIpc) is 2.20. The van der Waals surface area contributed by atoms with Crippen LogP contribution in [0.2, 0.25) is 0 Å². The number of hydrogen-bond donors (Lipinski definition) is 0. The standard InChI is InChI=1S/C13H15F3O/c1-13(2,3)5-4-11(17)8-6-9(14)12(16)10(15)7-8/h6-7H,4-5H2,1-3H3. The number of halogens is 3. The second-order valence-electron chi connectivity index (χ2n) is 5.24. The van der Waals surface area contributed by atoms with Crippen molar-refractivity contribution in [1.82, 2.24) is 0 Å². The molecule has 0 aliphatic carbocycles. The monoisotopic (exact) mass is 244 g/mol. The fraction of sp³-hybridized carbons (Fsp3) is 0.462. The zero-order valence-electron chi connectivity index (χ0n) is 10.1. The molecule has 0 bridgehead atoms. The molecule has 0 heterocycles. The van der Waals surface area contributed by atoms with Gasteiger partial charge in [0.05, 0.1) is 0 Å². The number of carbonyl (C=O) groups excluding carboxylic acids is 1. The molecule has 0 amide bonds. The first kappa shape index (κ1) is 13.7. The Kier molecular flexibility index (Phi) is 3.96. The lowest BCUT2D eigenvalue weighted by Gasteiger charge is -2.17. The molecule has 0 aromatic heterocycles. The third kappa shape index (κ3) is 3.88. The van der Waals surface area contributed by atoms with Crippen molar-refractivity contribution in [2.24, 2.45) is 5.41 Å². The van der Waals surface area contributed by atoms with E-state index in [1.807, 2.05) is 20.8 Å². The first-order valence-corrected chi connectivity index (χ1v) is 5.38. The average molecular weight is 244 g/mol. The lowest BCUT2D eigenvalue weighted by molar-refractivity contribution is 0.0965. The van der Waals surface area contributed by atoms with Gasteiger partial charge in [0.15, 0.2) is 23.2 Å². The number of Topliss-reactive ketones (excluding diaryl/α,β-unsaturated/α-hetero) is 1. The summed E-state index contributed by atoms with van der Waals surface area (Å²) in [4.78, 5) is 11.7. The molecule has 1 rings (SSSR count). The van der Waals surface area contributed by atoms with Gasteiger partial charge in [-0.25, -0.2) is 13.2 Å². The Morgan fingerprint density at radius 1 is 1.12 bits per heavy atom. The fourth-order valence-electron chi connectivity index (χ4n) is 1.35. The molecular weight excluding hydrogens is 229 g/mol. The summed E-state index contributed by atoms with van der Waals surface area (Å²) in [7, 11) is 0. The Morgan fingerprint density at radius 3 is 2.00 bits per heavy atom. The van der Waals surface area contributed by atoms with Gasteiger partial charge >= 0.3 is 0 Å². The smallest absolute Gasteiger partial charge is 0.194 e. The van der Waals surface area contributed by atoms with E-state index in [9.17, 15) is 18.0 Å². The first-order chi connectivity index (χ1) is 7.70. The molecule has 0 unspecified atom stereocenters. The lowest BCUT2D eigenvalue weighted by Crippen LogP contribution is -2.10. The van der Waals surface area contributed by atoms with Gasteiger partial charge in [0.25, 0.3) is 0 Å². The molecule has 0 aliphatic heterocycles. The molecule has 0 radical (unpaired) electrons. The predicted octanol–water partition coefficient (Wildman–Crippen LogP) is 4.11. The zero-order chi connectivity index (χ0) is 13.2. The van der Waals surface area contributed by atoms with Gasteiger partial charge in [0.1, 0.15) is 0 Å². The molecule has 0 aliphatic rings. The first-order valence-electron chi connectivity index (χ1n) is 5.38. The van der Waals surface area contributed by atoms with Crippen molar-refractivity contribution >= 4 is 5.78 Å². The van der Waals surface area contributed by atoms with Gasteiger partial charge in [-0.2, -0.15) is 0 Å². The van der Waals surface area contributed by atoms with Gasteiger partial charge in [0, 0.05) is 12.0 Å². The van der Waals surface area contributed by atoms with Gasteiger partial charge in [-0.15, -0.1) is 0 Å². The highest BCUT2D eigenvalue weighted by Crippen LogP contribution is 2.23. The molecule has 1 nitrogen and oxygen atoms in total. The predicted molar refractivity (Wildman–Crippen MR) is 59.3 cm³/mol. The van der Waals surface area contributed by atoms with Crippen molar-refractivity contribution in [3.8, 4) is 0 Å². The normalized spacial score (nSPS) is 11.6. The van der Waals surface area contributed by atoms with Crippen LogP contribution in [0.1, 0.15) is 44.0 Å². The van der Waals surface area contributed by atoms with Crippen LogP contribution in [0.5, 0.6) is 0 Å². The topological polar surface area (TPSA) is 17.1 Å². The molecule has 4 heteroatoms. The van der Waals surface area contributed by atoms with Crippen LogP contribution in [0.4, 0.5) is 13.2 Å². The maximum atomic E-state index is 12.9. The minimum Gasteiger partial charge on any atom is -0.294 e. The van der Waals surface area contributed by atoms with Crippen LogP contribution in [-0.2, 0) is 0 Å². The van der Waals surface area contributed by atoms with E-state index in [2.05, 4.69) is 0 Å². The Morgan fingerprint density at radius 2 is 1.59 bits per heavy atom. The molecule has 0 atom stereocenters. The third-order valence-electron chi connectivity index (χ3n) is 2.41. The van der Waals surface area contributed by atoms with Crippen molar-refractivity contribution in [2.75, 3.05) is 0 Å². The summed E-state index contributed by atoms with van der Waals surface area (Å²) >= 11 is 0. The third-order valence-corrected chi connectivity index (χ3v) is 2.41. The second-order valence-corrected chi connectivity index (χ2v) is 5.24. The van der Waals surface area contributed by atoms with Crippen LogP contribution >= 0.6 is 0 Å². The van der Waals surface area contributed by atoms with E-state index in [1.54, 1.807) is 0 Å². The van der Waals surface area contributed by atoms with E-state index < -0.39 is 17.5 Å². The number of benzene rings is 1. The van der Waals surface area contributed by atoms with E-state index in [0.717, 1.165) is 12.1 Å². The van der Waals surface area contributed by atoms with Crippen LogP contribution in [0.3, 0.4) is 0 Å². The van der Waals surface area contributed by atoms with Gasteiger partial charge in [0.2, 0.25) is 0 Å². The van der Waals surface area contributed by atoms with Crippen LogP contribution < -0.4 is 0 Å². The summed E-state index contributed by atoms with van der Waals surface area (Å²) in [5.74, 6) is -4.58. The Labute approximate surface area is 98.6 Å². The summed E-state index contributed by atoms with van der Waals surface area (Å²) in [5, 5.41) is 0. The highest BCUT2D eigenvalue weighted by atomic mass is 19.2. The second kappa shape index (κ2) is 4.90. The quantitative estimate of drug-likeness (QED) is 0.577. The van der Waals surface area contributed by atoms with Crippen molar-refractivity contribution in [1.29, 1.82) is 0 Å². The van der Waals surface area contributed by atoms with Crippen LogP contribution in [0.15, 0.2) is 12.1 Å². The van der Waals surface area contributed by atoms with Gasteiger partial charge in [-0.1, -0.05) is 20.8 Å². The van der Waals surface area contributed by atoms with Crippen molar-refractivity contribution in [3.05, 3.63) is 35.1 Å². The molecule has 0 saturated heterocycles. The molecule has 0 saturated carbocycles. The van der Waals surface area contributed by atoms with E-state index in [0.29, 0.717) is 6.42 Å². The van der Waals surface area contributed by atoms with Crippen LogP contribution in [-0.4, -0.2) is 5.78 Å². The van der Waals surface area contributed by atoms with Gasteiger partial charge in [-0.3, -0.25) is 4.79 Å². The molecule has 0 N–H and O–H groups in total. The summed E-state index contributed by atoms with van der Waals surface area (Å²) in [6.07, 6.45) is 0.792. The largest absolute Gasteiger partial charge is 0.294 e. The van der Waals surface area contributed by atoms with Crippen LogP contribution in [0.25, 0.3) is 0 Å². The minimum absolute atomic E-state index is 0.0349. The summed E-state index contributed by atoms with van der Waals surface area (Å²) < 4.78 is 38.5. The molecule has 1 aromatic rings. The number of hydrogen-bond acceptors (Lipinski definition) is 1. The van der Waals surface area contributed by atoms with E-state index in [4.69, 9.17) is 0 Å². The minimum atomic E-state index is -1.54. The fourth-order valence-corrected chi connectivity index (χ4v) is 1.35. The molecule has 0 fully saturated rings. The van der Waals surface area contributed by atoms with Crippen LogP contribution in [0, 0.1) is 22.9 Å². The Balaban J connectivity index is 2.84. The number of carbonyl (C=O) groups is 1. The maximum Gasteiger partial charge on any atom is 0.194 e. The Hall–Kier alpha value is -1.32. The zero-order valence-corrected chi connectivity index (χ0v) is 10.1. The number of rotatable bonds is 3. The molecular formula is C13H15F3O. The molecule has 94 valence electrons. The highest BCUT2D eigenvalue weighted by Gasteiger charge is 2.17. The SMILES string of the molecule is CC(C)(C)CCC(=O)c1cc(F)c(F)c(F)c1. The van der Waals surface area contributed by atoms with E-state index >= 15 is 0 Å². The van der Waals surface area contributed by atoms with Gasteiger partial charge in [-0.05, 0) is 24.0 Å². The summed E-state index contributed by atoms with van der Waals surface area (Å²) in [5.41, 5.74) is -0.155. The molecule has 1 aromatic carbocycles. The molecule has 17 heavy (non-hydrogen) atoms. The van der Waals surface area contributed by atoms with Crippen molar-refractivity contribution in [3.63, 3.8) is 0 Å². The van der Waals surface area contributed by atoms with Gasteiger partial charge < -0.3 is 0 Å². The number of ketones is 1. The maximum absolute atomic E-state index is 12.9. The molecule has 0 spiro atoms. The van der Waals surface area contributed by atoms with Crippen molar-refractivity contribution in [2.45, 2.75) is 33.6 Å². The van der Waals surface area contributed by atoms with E-state index in [-0.39, 0.29) is 23.2 Å².